The number of nitrogens with zero attached hydrogens (tertiary/aromatic N) is 2. The molecule has 0 aliphatic heterocycles. The fourth-order valence-electron chi connectivity index (χ4n) is 2.87. The van der Waals surface area contributed by atoms with Gasteiger partial charge in [0, 0.05) is 19.3 Å². The van der Waals surface area contributed by atoms with E-state index in [0.29, 0.717) is 29.5 Å². The number of hydrazine groups is 1. The number of anilines is 1. The van der Waals surface area contributed by atoms with Gasteiger partial charge < -0.3 is 14.4 Å². The fourth-order valence-corrected chi connectivity index (χ4v) is 4.55. The maximum Gasteiger partial charge on any atom is 0.424 e. The Morgan fingerprint density at radius 2 is 2.03 bits per heavy atom. The molecule has 1 unspecified atom stereocenters. The van der Waals surface area contributed by atoms with Gasteiger partial charge in [0.1, 0.15) is 11.6 Å². The molecule has 1 aromatic heterocycles. The molecule has 0 radical (unpaired) electrons. The zero-order chi connectivity index (χ0) is 22.3. The van der Waals surface area contributed by atoms with Crippen molar-refractivity contribution in [2.75, 3.05) is 19.2 Å². The van der Waals surface area contributed by atoms with Crippen LogP contribution < -0.4 is 19.9 Å². The van der Waals surface area contributed by atoms with E-state index in [9.17, 15) is 9.67 Å². The molecule has 0 saturated heterocycles. The lowest BCUT2D eigenvalue weighted by Gasteiger charge is -2.26. The Morgan fingerprint density at radius 3 is 2.63 bits per heavy atom. The molecule has 2 rings (SSSR count). The van der Waals surface area contributed by atoms with E-state index in [1.807, 2.05) is 39.0 Å². The molecule has 2 aromatic rings. The number of aromatic nitrogens is 1. The molecule has 1 aromatic carbocycles. The number of phenolic OH excluding ortho intramolecular Hbond substituents is 1. The molecule has 0 amide bonds. The highest BCUT2D eigenvalue weighted by atomic mass is 31.2. The van der Waals surface area contributed by atoms with Crippen molar-refractivity contribution in [3.8, 4) is 17.2 Å². The van der Waals surface area contributed by atoms with Crippen LogP contribution in [0.25, 0.3) is 0 Å². The summed E-state index contributed by atoms with van der Waals surface area (Å²) >= 11 is 0. The summed E-state index contributed by atoms with van der Waals surface area (Å²) in [6.07, 6.45) is 4.65. The zero-order valence-corrected chi connectivity index (χ0v) is 19.2. The fraction of sp³-hybridized carbons (Fsp3) is 0.381. The Morgan fingerprint density at radius 1 is 1.30 bits per heavy atom. The first kappa shape index (κ1) is 23.7. The normalized spacial score (nSPS) is 13.6. The van der Waals surface area contributed by atoms with Crippen LogP contribution in [0.3, 0.4) is 0 Å². The van der Waals surface area contributed by atoms with Gasteiger partial charge in [-0.05, 0) is 49.9 Å². The minimum atomic E-state index is -3.78. The zero-order valence-electron chi connectivity index (χ0n) is 18.3. The van der Waals surface area contributed by atoms with Gasteiger partial charge in [-0.2, -0.15) is 4.62 Å². The monoisotopic (exact) mass is 435 g/mol. The summed E-state index contributed by atoms with van der Waals surface area (Å²) in [6.45, 7) is 7.45. The number of aryl methyl sites for hydroxylation is 2. The van der Waals surface area contributed by atoms with Crippen LogP contribution in [0, 0.1) is 13.8 Å². The summed E-state index contributed by atoms with van der Waals surface area (Å²) in [6, 6.07) is 6.81. The van der Waals surface area contributed by atoms with Crippen LogP contribution in [0.1, 0.15) is 37.8 Å². The molecule has 0 bridgehead atoms. The molecular formula is C21H30N3O5P. The first-order chi connectivity index (χ1) is 14.3. The van der Waals surface area contributed by atoms with E-state index in [1.54, 1.807) is 26.2 Å². The van der Waals surface area contributed by atoms with E-state index >= 15 is 0 Å². The number of rotatable bonds is 10. The second-order valence-corrected chi connectivity index (χ2v) is 8.66. The molecule has 0 aliphatic rings. The molecule has 1 atom stereocenters. The first-order valence-corrected chi connectivity index (χ1v) is 11.3. The number of benzene rings is 1. The molecule has 164 valence electrons. The van der Waals surface area contributed by atoms with Crippen molar-refractivity contribution in [1.29, 1.82) is 0 Å². The van der Waals surface area contributed by atoms with Crippen LogP contribution in [0.15, 0.2) is 41.9 Å². The van der Waals surface area contributed by atoms with Gasteiger partial charge in [0.05, 0.1) is 12.4 Å². The van der Waals surface area contributed by atoms with E-state index in [1.165, 1.54) is 18.2 Å². The summed E-state index contributed by atoms with van der Waals surface area (Å²) < 4.78 is 30.5. The van der Waals surface area contributed by atoms with Gasteiger partial charge in [-0.1, -0.05) is 26.0 Å². The van der Waals surface area contributed by atoms with E-state index in [-0.39, 0.29) is 17.2 Å². The van der Waals surface area contributed by atoms with Gasteiger partial charge in [0.15, 0.2) is 11.5 Å². The second kappa shape index (κ2) is 10.5. The lowest BCUT2D eigenvalue weighted by molar-refractivity contribution is 0.167. The smallest absolute Gasteiger partial charge is 0.424 e. The van der Waals surface area contributed by atoms with Crippen molar-refractivity contribution in [3.05, 3.63) is 53.0 Å². The molecule has 0 aliphatic carbocycles. The van der Waals surface area contributed by atoms with E-state index in [4.69, 9.17) is 13.9 Å². The molecule has 1 heterocycles. The van der Waals surface area contributed by atoms with Crippen molar-refractivity contribution in [3.63, 3.8) is 0 Å². The Balaban J connectivity index is 2.35. The highest BCUT2D eigenvalue weighted by Gasteiger charge is 2.33. The summed E-state index contributed by atoms with van der Waals surface area (Å²) in [4.78, 5) is 4.30. The molecular weight excluding hydrogens is 405 g/mol. The summed E-state index contributed by atoms with van der Waals surface area (Å²) in [5.74, 6) is 1.12. The molecule has 0 fully saturated rings. The van der Waals surface area contributed by atoms with Crippen molar-refractivity contribution >= 4 is 13.4 Å². The lowest BCUT2D eigenvalue weighted by Crippen LogP contribution is -2.35. The number of hydrogen-bond donors (Lipinski definition) is 2. The van der Waals surface area contributed by atoms with Gasteiger partial charge in [-0.15, -0.1) is 5.59 Å². The van der Waals surface area contributed by atoms with Crippen molar-refractivity contribution < 1.29 is 23.6 Å². The minimum Gasteiger partial charge on any atom is -0.504 e. The largest absolute Gasteiger partial charge is 0.504 e. The standard InChI is InChI=1S/C21H30N3O5P/c1-7-10-18(8-2)30(26,28-17-13-16(4)20(25)19(14-17)27-6)29-23-24(5)21-15(3)11-9-12-22-21/h9-14,23,25H,7-8H2,1-6H3/b18-10-. The van der Waals surface area contributed by atoms with Crippen molar-refractivity contribution in [2.24, 2.45) is 0 Å². The van der Waals surface area contributed by atoms with Gasteiger partial charge in [0.2, 0.25) is 0 Å². The van der Waals surface area contributed by atoms with E-state index in [0.717, 1.165) is 5.56 Å². The number of methoxy groups -OCH3 is 1. The Bertz CT molecular complexity index is 948. The number of ether oxygens (including phenoxy) is 1. The molecule has 9 heteroatoms. The SMILES string of the molecule is CC/C=C(/CC)P(=O)(ONN(C)c1ncccc1C)Oc1cc(C)c(O)c(OC)c1. The van der Waals surface area contributed by atoms with Crippen LogP contribution in [-0.2, 0) is 9.19 Å². The average Bonchev–Trinajstić information content (AvgIpc) is 2.73. The number of nitrogens with one attached hydrogen (secondary N) is 1. The van der Waals surface area contributed by atoms with Gasteiger partial charge in [0.25, 0.3) is 0 Å². The van der Waals surface area contributed by atoms with Crippen molar-refractivity contribution in [2.45, 2.75) is 40.5 Å². The molecule has 2 N–H and O–H groups in total. The molecule has 30 heavy (non-hydrogen) atoms. The lowest BCUT2D eigenvalue weighted by atomic mass is 10.2. The van der Waals surface area contributed by atoms with Crippen LogP contribution >= 0.6 is 7.60 Å². The van der Waals surface area contributed by atoms with Crippen LogP contribution in [0.4, 0.5) is 5.82 Å². The number of aromatic hydroxyl groups is 1. The summed E-state index contributed by atoms with van der Waals surface area (Å²) in [7, 11) is -0.629. The number of hydrogen-bond acceptors (Lipinski definition) is 8. The molecule has 8 nitrogen and oxygen atoms in total. The summed E-state index contributed by atoms with van der Waals surface area (Å²) in [5.41, 5.74) is 4.14. The van der Waals surface area contributed by atoms with Gasteiger partial charge in [-0.25, -0.2) is 9.55 Å². The van der Waals surface area contributed by atoms with Crippen LogP contribution in [-0.4, -0.2) is 24.2 Å². The Labute approximate surface area is 177 Å². The third kappa shape index (κ3) is 5.53. The Hall–Kier alpha value is -2.54. The van der Waals surface area contributed by atoms with E-state index in [2.05, 4.69) is 10.6 Å². The average molecular weight is 435 g/mol. The molecule has 0 spiro atoms. The minimum absolute atomic E-state index is 0.00361. The number of pyridine rings is 1. The predicted octanol–water partition coefficient (Wildman–Crippen LogP) is 5.26. The van der Waals surface area contributed by atoms with Crippen LogP contribution in [0.5, 0.6) is 17.2 Å². The number of phenols is 1. The maximum absolute atomic E-state index is 13.8. The van der Waals surface area contributed by atoms with Crippen molar-refractivity contribution in [1.82, 2.24) is 10.6 Å². The van der Waals surface area contributed by atoms with Gasteiger partial charge in [-0.3, -0.25) is 5.01 Å². The van der Waals surface area contributed by atoms with E-state index < -0.39 is 7.60 Å². The molecule has 0 saturated carbocycles. The third-order valence-corrected chi connectivity index (χ3v) is 6.41. The van der Waals surface area contributed by atoms with Crippen LogP contribution in [0.2, 0.25) is 0 Å². The quantitative estimate of drug-likeness (QED) is 0.386. The highest BCUT2D eigenvalue weighted by Crippen LogP contribution is 2.57. The first-order valence-electron chi connectivity index (χ1n) is 9.72. The second-order valence-electron chi connectivity index (χ2n) is 6.72. The summed E-state index contributed by atoms with van der Waals surface area (Å²) in [5, 5.41) is 12.1. The predicted molar refractivity (Wildman–Crippen MR) is 118 cm³/mol. The third-order valence-electron chi connectivity index (χ3n) is 4.44. The number of allylic oxidation sites excluding steroid dienone is 2. The Kier molecular flexibility index (Phi) is 8.29. The maximum atomic E-state index is 13.8. The topological polar surface area (TPSA) is 93.2 Å². The van der Waals surface area contributed by atoms with Gasteiger partial charge >= 0.3 is 7.60 Å². The highest BCUT2D eigenvalue weighted by molar-refractivity contribution is 7.58.